The predicted octanol–water partition coefficient (Wildman–Crippen LogP) is 4.65. The third-order valence-electron chi connectivity index (χ3n) is 4.01. The number of aromatic carboxylic acids is 1. The van der Waals surface area contributed by atoms with Crippen molar-refractivity contribution in [2.45, 2.75) is 20.3 Å². The average molecular weight is 363 g/mol. The zero-order chi connectivity index (χ0) is 20.0. The van der Waals surface area contributed by atoms with E-state index in [1.807, 2.05) is 19.9 Å². The van der Waals surface area contributed by atoms with Crippen LogP contribution < -0.4 is 4.74 Å². The summed E-state index contributed by atoms with van der Waals surface area (Å²) < 4.78 is 5.36. The molecule has 0 unspecified atom stereocenters. The molecule has 0 aromatic heterocycles. The molecule has 5 heteroatoms. The lowest BCUT2D eigenvalue weighted by atomic mass is 9.97. The fourth-order valence-electron chi connectivity index (χ4n) is 2.64. The summed E-state index contributed by atoms with van der Waals surface area (Å²) in [5, 5.41) is 29.2. The van der Waals surface area contributed by atoms with E-state index in [0.29, 0.717) is 28.9 Å². The Bertz CT molecular complexity index is 961. The predicted molar refractivity (Wildman–Crippen MR) is 105 cm³/mol. The molecule has 27 heavy (non-hydrogen) atoms. The highest BCUT2D eigenvalue weighted by Gasteiger charge is 2.21. The van der Waals surface area contributed by atoms with Crippen molar-refractivity contribution in [2.24, 2.45) is 0 Å². The molecule has 2 rings (SSSR count). The van der Waals surface area contributed by atoms with Gasteiger partial charge < -0.3 is 14.9 Å². The maximum absolute atomic E-state index is 11.8. The van der Waals surface area contributed by atoms with Crippen molar-refractivity contribution in [3.05, 3.63) is 69.8 Å². The van der Waals surface area contributed by atoms with Gasteiger partial charge in [-0.05, 0) is 49.6 Å². The molecule has 2 aromatic rings. The van der Waals surface area contributed by atoms with E-state index in [2.05, 4.69) is 6.07 Å². The van der Waals surface area contributed by atoms with Gasteiger partial charge in [0.05, 0.1) is 18.7 Å². The van der Waals surface area contributed by atoms with Crippen molar-refractivity contribution in [3.8, 4) is 17.6 Å². The molecular weight excluding hydrogens is 342 g/mol. The quantitative estimate of drug-likeness (QED) is 0.576. The molecule has 0 atom stereocenters. The summed E-state index contributed by atoms with van der Waals surface area (Å²) in [6.45, 7) is 3.85. The smallest absolute Gasteiger partial charge is 0.340 e. The fraction of sp³-hybridized carbons (Fsp3) is 0.182. The number of ether oxygens (including phenoxy) is 1. The van der Waals surface area contributed by atoms with Gasteiger partial charge in [-0.25, -0.2) is 4.79 Å². The Kier molecular flexibility index (Phi) is 6.40. The molecule has 0 fully saturated rings. The van der Waals surface area contributed by atoms with Gasteiger partial charge in [-0.1, -0.05) is 35.9 Å². The highest BCUT2D eigenvalue weighted by Crippen LogP contribution is 2.36. The van der Waals surface area contributed by atoms with Gasteiger partial charge in [0.1, 0.15) is 17.1 Å². The van der Waals surface area contributed by atoms with Crippen LogP contribution in [0.25, 0.3) is 12.2 Å². The molecule has 0 bridgehead atoms. The number of carbonyl (C=O) groups is 1. The molecular formula is C22H21NO4. The first-order valence-electron chi connectivity index (χ1n) is 8.35. The second-order valence-corrected chi connectivity index (χ2v) is 6.23. The van der Waals surface area contributed by atoms with Crippen LogP contribution in [0.3, 0.4) is 0 Å². The van der Waals surface area contributed by atoms with E-state index in [1.54, 1.807) is 42.5 Å². The minimum atomic E-state index is -1.22. The largest absolute Gasteiger partial charge is 0.507 e. The number of rotatable bonds is 6. The van der Waals surface area contributed by atoms with Gasteiger partial charge >= 0.3 is 5.97 Å². The van der Waals surface area contributed by atoms with Crippen molar-refractivity contribution < 1.29 is 19.7 Å². The summed E-state index contributed by atoms with van der Waals surface area (Å²) in [6.07, 6.45) is 5.54. The molecule has 2 N–H and O–H groups in total. The Hall–Kier alpha value is -3.52. The van der Waals surface area contributed by atoms with E-state index in [4.69, 9.17) is 10.00 Å². The van der Waals surface area contributed by atoms with Gasteiger partial charge in [-0.2, -0.15) is 5.26 Å². The lowest BCUT2D eigenvalue weighted by Crippen LogP contribution is -2.04. The number of carboxylic acids is 1. The van der Waals surface area contributed by atoms with Crippen LogP contribution in [-0.4, -0.2) is 23.3 Å². The van der Waals surface area contributed by atoms with Crippen molar-refractivity contribution in [3.63, 3.8) is 0 Å². The van der Waals surface area contributed by atoms with E-state index < -0.39 is 5.97 Å². The summed E-state index contributed by atoms with van der Waals surface area (Å²) in [5.41, 5.74) is 2.88. The maximum Gasteiger partial charge on any atom is 0.340 e. The third kappa shape index (κ3) is 4.77. The standard InChI is InChI=1S/C22H21NO4/c1-14(2)7-10-18-19(27-3)12-17(20(21(18)24)22(25)26)9-8-15-5-4-6-16(11-15)13-23/h4-9,11-12,24H,10H2,1-3H3,(H,25,26)/b9-8+. The van der Waals surface area contributed by atoms with Crippen molar-refractivity contribution >= 4 is 18.1 Å². The fourth-order valence-corrected chi connectivity index (χ4v) is 2.64. The highest BCUT2D eigenvalue weighted by atomic mass is 16.5. The number of methoxy groups -OCH3 is 1. The van der Waals surface area contributed by atoms with Gasteiger partial charge in [0.2, 0.25) is 0 Å². The Morgan fingerprint density at radius 1 is 1.26 bits per heavy atom. The number of aromatic hydroxyl groups is 1. The van der Waals surface area contributed by atoms with Crippen LogP contribution in [0.2, 0.25) is 0 Å². The van der Waals surface area contributed by atoms with Gasteiger partial charge in [0.15, 0.2) is 0 Å². The number of nitrogens with zero attached hydrogens (tertiary/aromatic N) is 1. The zero-order valence-electron chi connectivity index (χ0n) is 15.5. The molecule has 0 aliphatic rings. The van der Waals surface area contributed by atoms with Crippen molar-refractivity contribution in [1.29, 1.82) is 5.26 Å². The second kappa shape index (κ2) is 8.72. The summed E-state index contributed by atoms with van der Waals surface area (Å²) >= 11 is 0. The summed E-state index contributed by atoms with van der Waals surface area (Å²) in [6, 6.07) is 10.6. The molecule has 138 valence electrons. The lowest BCUT2D eigenvalue weighted by molar-refractivity contribution is 0.0693. The first-order chi connectivity index (χ1) is 12.9. The number of carboxylic acid groups (broad SMARTS) is 1. The van der Waals surface area contributed by atoms with E-state index in [1.165, 1.54) is 7.11 Å². The van der Waals surface area contributed by atoms with Gasteiger partial charge in [-0.3, -0.25) is 0 Å². The minimum absolute atomic E-state index is 0.180. The monoisotopic (exact) mass is 363 g/mol. The highest BCUT2D eigenvalue weighted by molar-refractivity contribution is 5.97. The molecule has 0 aliphatic heterocycles. The number of phenols is 1. The van der Waals surface area contributed by atoms with Gasteiger partial charge in [0.25, 0.3) is 0 Å². The number of hydrogen-bond acceptors (Lipinski definition) is 4. The summed E-state index contributed by atoms with van der Waals surface area (Å²) in [4.78, 5) is 11.8. The Morgan fingerprint density at radius 2 is 2.00 bits per heavy atom. The SMILES string of the molecule is COc1cc(/C=C/c2cccc(C#N)c2)c(C(=O)O)c(O)c1CC=C(C)C. The first kappa shape index (κ1) is 19.8. The first-order valence-corrected chi connectivity index (χ1v) is 8.35. The topological polar surface area (TPSA) is 90.5 Å². The summed E-state index contributed by atoms with van der Waals surface area (Å²) in [7, 11) is 1.48. The molecule has 0 saturated carbocycles. The molecule has 5 nitrogen and oxygen atoms in total. The molecule has 0 saturated heterocycles. The lowest BCUT2D eigenvalue weighted by Gasteiger charge is -2.14. The summed E-state index contributed by atoms with van der Waals surface area (Å²) in [5.74, 6) is -1.11. The molecule has 0 amide bonds. The van der Waals surface area contributed by atoms with Crippen LogP contribution in [0.5, 0.6) is 11.5 Å². The van der Waals surface area contributed by atoms with Crippen LogP contribution in [-0.2, 0) is 6.42 Å². The molecule has 0 spiro atoms. The van der Waals surface area contributed by atoms with Crippen molar-refractivity contribution in [2.75, 3.05) is 7.11 Å². The number of nitriles is 1. The number of hydrogen-bond donors (Lipinski definition) is 2. The Morgan fingerprint density at radius 3 is 2.59 bits per heavy atom. The maximum atomic E-state index is 11.8. The van der Waals surface area contributed by atoms with E-state index in [-0.39, 0.29) is 11.3 Å². The average Bonchev–Trinajstić information content (AvgIpc) is 2.64. The number of allylic oxidation sites excluding steroid dienone is 2. The van der Waals surface area contributed by atoms with Crippen LogP contribution >= 0.6 is 0 Å². The van der Waals surface area contributed by atoms with Crippen LogP contribution in [0, 0.1) is 11.3 Å². The van der Waals surface area contributed by atoms with Crippen LogP contribution in [0.15, 0.2) is 42.0 Å². The van der Waals surface area contributed by atoms with E-state index >= 15 is 0 Å². The molecule has 0 aliphatic carbocycles. The van der Waals surface area contributed by atoms with E-state index in [0.717, 1.165) is 11.1 Å². The Balaban J connectivity index is 2.57. The minimum Gasteiger partial charge on any atom is -0.507 e. The van der Waals surface area contributed by atoms with Gasteiger partial charge in [-0.15, -0.1) is 0 Å². The zero-order valence-corrected chi connectivity index (χ0v) is 15.5. The molecule has 2 aromatic carbocycles. The van der Waals surface area contributed by atoms with Crippen LogP contribution in [0.4, 0.5) is 0 Å². The molecule has 0 heterocycles. The van der Waals surface area contributed by atoms with Gasteiger partial charge in [0, 0.05) is 5.56 Å². The van der Waals surface area contributed by atoms with Crippen LogP contribution in [0.1, 0.15) is 46.5 Å². The normalized spacial score (nSPS) is 10.4. The molecule has 0 radical (unpaired) electrons. The van der Waals surface area contributed by atoms with E-state index in [9.17, 15) is 15.0 Å². The number of benzene rings is 2. The third-order valence-corrected chi connectivity index (χ3v) is 4.01. The Labute approximate surface area is 158 Å². The van der Waals surface area contributed by atoms with Crippen molar-refractivity contribution in [1.82, 2.24) is 0 Å². The second-order valence-electron chi connectivity index (χ2n) is 6.23.